The molecule has 3 N–H and O–H groups in total. The van der Waals surface area contributed by atoms with Crippen LogP contribution < -0.4 is 15.4 Å². The lowest BCUT2D eigenvalue weighted by Crippen LogP contribution is -2.43. The zero-order valence-corrected chi connectivity index (χ0v) is 11.7. The number of nitrogens with zero attached hydrogens (tertiary/aromatic N) is 2. The van der Waals surface area contributed by atoms with Gasteiger partial charge in [-0.05, 0) is 42.7 Å². The summed E-state index contributed by atoms with van der Waals surface area (Å²) in [6.07, 6.45) is 2.23. The molecule has 0 saturated carbocycles. The standard InChI is InChI=1S/C15H20N4O/c1-20-13-6-4-11(5-7-13)14-9-15(18-17-14)19-8-2-3-12(16)10-19/h4-7,9,12H,2-3,8,10,16H2,1H3,(H,17,18)/t12-/m1/s1. The molecular weight excluding hydrogens is 252 g/mol. The van der Waals surface area contributed by atoms with Gasteiger partial charge in [0.2, 0.25) is 0 Å². The molecule has 20 heavy (non-hydrogen) atoms. The van der Waals surface area contributed by atoms with E-state index in [1.54, 1.807) is 7.11 Å². The Morgan fingerprint density at radius 2 is 2.15 bits per heavy atom. The van der Waals surface area contributed by atoms with Gasteiger partial charge in [-0.3, -0.25) is 5.10 Å². The lowest BCUT2D eigenvalue weighted by molar-refractivity contribution is 0.415. The summed E-state index contributed by atoms with van der Waals surface area (Å²) in [5.41, 5.74) is 8.14. The lowest BCUT2D eigenvalue weighted by Gasteiger charge is -2.30. The summed E-state index contributed by atoms with van der Waals surface area (Å²) in [6.45, 7) is 1.91. The molecule has 2 aromatic rings. The molecule has 5 nitrogen and oxygen atoms in total. The Labute approximate surface area is 118 Å². The number of nitrogens with two attached hydrogens (primary N) is 1. The molecule has 0 bridgehead atoms. The van der Waals surface area contributed by atoms with Gasteiger partial charge in [-0.1, -0.05) is 0 Å². The van der Waals surface area contributed by atoms with Crippen LogP contribution in [0.5, 0.6) is 5.75 Å². The van der Waals surface area contributed by atoms with Crippen LogP contribution in [0.25, 0.3) is 11.3 Å². The number of piperidine rings is 1. The molecule has 0 amide bonds. The summed E-state index contributed by atoms with van der Waals surface area (Å²) in [6, 6.07) is 10.3. The minimum Gasteiger partial charge on any atom is -0.497 e. The SMILES string of the molecule is COc1ccc(-c2cc(N3CCC[C@@H](N)C3)n[nH]2)cc1. The van der Waals surface area contributed by atoms with Gasteiger partial charge < -0.3 is 15.4 Å². The van der Waals surface area contributed by atoms with Crippen molar-refractivity contribution in [1.82, 2.24) is 10.2 Å². The zero-order valence-electron chi connectivity index (χ0n) is 11.7. The number of aromatic nitrogens is 2. The highest BCUT2D eigenvalue weighted by Crippen LogP contribution is 2.25. The van der Waals surface area contributed by atoms with E-state index in [2.05, 4.69) is 21.2 Å². The Bertz CT molecular complexity index is 564. The van der Waals surface area contributed by atoms with Crippen molar-refractivity contribution < 1.29 is 4.74 Å². The number of rotatable bonds is 3. The van der Waals surface area contributed by atoms with E-state index in [1.807, 2.05) is 24.3 Å². The second kappa shape index (κ2) is 5.54. The number of H-pyrrole nitrogens is 1. The third-order valence-corrected chi connectivity index (χ3v) is 3.75. The predicted molar refractivity (Wildman–Crippen MR) is 80.0 cm³/mol. The van der Waals surface area contributed by atoms with Gasteiger partial charge in [0.15, 0.2) is 5.82 Å². The van der Waals surface area contributed by atoms with Crippen molar-refractivity contribution in [3.63, 3.8) is 0 Å². The van der Waals surface area contributed by atoms with Gasteiger partial charge in [0.1, 0.15) is 5.75 Å². The molecule has 1 fully saturated rings. The van der Waals surface area contributed by atoms with E-state index in [9.17, 15) is 0 Å². The summed E-state index contributed by atoms with van der Waals surface area (Å²) in [4.78, 5) is 2.25. The Morgan fingerprint density at radius 1 is 1.35 bits per heavy atom. The average Bonchev–Trinajstić information content (AvgIpc) is 2.97. The zero-order chi connectivity index (χ0) is 13.9. The molecule has 0 spiro atoms. The quantitative estimate of drug-likeness (QED) is 0.897. The molecule has 3 rings (SSSR count). The van der Waals surface area contributed by atoms with Crippen LogP contribution in [0.2, 0.25) is 0 Å². The molecule has 1 atom stereocenters. The van der Waals surface area contributed by atoms with E-state index in [0.717, 1.165) is 48.8 Å². The normalized spacial score (nSPS) is 19.1. The summed E-state index contributed by atoms with van der Waals surface area (Å²) < 4.78 is 5.17. The molecule has 1 aromatic carbocycles. The van der Waals surface area contributed by atoms with Gasteiger partial charge in [-0.2, -0.15) is 5.10 Å². The molecule has 0 aliphatic carbocycles. The van der Waals surface area contributed by atoms with Crippen LogP contribution in [0.3, 0.4) is 0 Å². The molecule has 1 saturated heterocycles. The number of aromatic amines is 1. The lowest BCUT2D eigenvalue weighted by atomic mass is 10.1. The first-order valence-electron chi connectivity index (χ1n) is 6.96. The molecule has 5 heteroatoms. The third-order valence-electron chi connectivity index (χ3n) is 3.75. The van der Waals surface area contributed by atoms with Gasteiger partial charge in [-0.15, -0.1) is 0 Å². The van der Waals surface area contributed by atoms with E-state index in [-0.39, 0.29) is 6.04 Å². The van der Waals surface area contributed by atoms with Crippen molar-refractivity contribution in [1.29, 1.82) is 0 Å². The molecule has 0 radical (unpaired) electrons. The molecular formula is C15H20N4O. The van der Waals surface area contributed by atoms with E-state index in [1.165, 1.54) is 0 Å². The summed E-state index contributed by atoms with van der Waals surface area (Å²) in [7, 11) is 1.67. The maximum absolute atomic E-state index is 6.02. The minimum atomic E-state index is 0.255. The van der Waals surface area contributed by atoms with Crippen LogP contribution >= 0.6 is 0 Å². The highest BCUT2D eigenvalue weighted by atomic mass is 16.5. The number of hydrogen-bond donors (Lipinski definition) is 2. The van der Waals surface area contributed by atoms with Crippen molar-refractivity contribution in [3.05, 3.63) is 30.3 Å². The molecule has 1 aromatic heterocycles. The topological polar surface area (TPSA) is 67.2 Å². The van der Waals surface area contributed by atoms with Gasteiger partial charge >= 0.3 is 0 Å². The third kappa shape index (κ3) is 2.63. The van der Waals surface area contributed by atoms with Crippen molar-refractivity contribution in [3.8, 4) is 17.0 Å². The maximum Gasteiger partial charge on any atom is 0.151 e. The largest absolute Gasteiger partial charge is 0.497 e. The molecule has 0 unspecified atom stereocenters. The van der Waals surface area contributed by atoms with Crippen molar-refractivity contribution in [2.45, 2.75) is 18.9 Å². The van der Waals surface area contributed by atoms with Crippen LogP contribution in [0.1, 0.15) is 12.8 Å². The summed E-state index contributed by atoms with van der Waals surface area (Å²) in [5.74, 6) is 1.83. The number of nitrogens with one attached hydrogen (secondary N) is 1. The van der Waals surface area contributed by atoms with Gasteiger partial charge in [0.25, 0.3) is 0 Å². The fourth-order valence-corrected chi connectivity index (χ4v) is 2.61. The predicted octanol–water partition coefficient (Wildman–Crippen LogP) is 2.01. The van der Waals surface area contributed by atoms with Gasteiger partial charge in [-0.25, -0.2) is 0 Å². The first-order valence-corrected chi connectivity index (χ1v) is 6.96. The van der Waals surface area contributed by atoms with E-state index >= 15 is 0 Å². The summed E-state index contributed by atoms with van der Waals surface area (Å²) in [5, 5.41) is 7.51. The molecule has 106 valence electrons. The second-order valence-corrected chi connectivity index (χ2v) is 5.22. The van der Waals surface area contributed by atoms with Crippen molar-refractivity contribution in [2.24, 2.45) is 5.73 Å². The van der Waals surface area contributed by atoms with Crippen LogP contribution in [-0.4, -0.2) is 36.4 Å². The number of methoxy groups -OCH3 is 1. The minimum absolute atomic E-state index is 0.255. The highest BCUT2D eigenvalue weighted by Gasteiger charge is 2.19. The Kier molecular flexibility index (Phi) is 3.60. The highest BCUT2D eigenvalue weighted by molar-refractivity contribution is 5.64. The average molecular weight is 272 g/mol. The van der Waals surface area contributed by atoms with Gasteiger partial charge in [0, 0.05) is 25.2 Å². The van der Waals surface area contributed by atoms with Gasteiger partial charge in [0.05, 0.1) is 12.8 Å². The van der Waals surface area contributed by atoms with E-state index < -0.39 is 0 Å². The van der Waals surface area contributed by atoms with Crippen molar-refractivity contribution in [2.75, 3.05) is 25.1 Å². The Balaban J connectivity index is 1.78. The first-order chi connectivity index (χ1) is 9.76. The number of benzene rings is 1. The van der Waals surface area contributed by atoms with Crippen LogP contribution in [-0.2, 0) is 0 Å². The fourth-order valence-electron chi connectivity index (χ4n) is 2.61. The monoisotopic (exact) mass is 272 g/mol. The maximum atomic E-state index is 6.02. The second-order valence-electron chi connectivity index (χ2n) is 5.22. The Hall–Kier alpha value is -2.01. The fraction of sp³-hybridized carbons (Fsp3) is 0.400. The van der Waals surface area contributed by atoms with E-state index in [0.29, 0.717) is 0 Å². The Morgan fingerprint density at radius 3 is 2.85 bits per heavy atom. The van der Waals surface area contributed by atoms with Crippen LogP contribution in [0.15, 0.2) is 30.3 Å². The molecule has 1 aliphatic heterocycles. The van der Waals surface area contributed by atoms with E-state index in [4.69, 9.17) is 10.5 Å². The number of ether oxygens (including phenoxy) is 1. The van der Waals surface area contributed by atoms with Crippen LogP contribution in [0, 0.1) is 0 Å². The molecule has 2 heterocycles. The van der Waals surface area contributed by atoms with Crippen LogP contribution in [0.4, 0.5) is 5.82 Å². The first kappa shape index (κ1) is 13.0. The number of anilines is 1. The smallest absolute Gasteiger partial charge is 0.151 e. The van der Waals surface area contributed by atoms with Crippen molar-refractivity contribution >= 4 is 5.82 Å². The summed E-state index contributed by atoms with van der Waals surface area (Å²) >= 11 is 0. The number of hydrogen-bond acceptors (Lipinski definition) is 4. The molecule has 1 aliphatic rings.